The van der Waals surface area contributed by atoms with E-state index >= 15 is 0 Å². The van der Waals surface area contributed by atoms with Crippen molar-refractivity contribution < 1.29 is 29.0 Å². The lowest BCUT2D eigenvalue weighted by molar-refractivity contribution is -0.150. The normalized spacial score (nSPS) is 20.2. The van der Waals surface area contributed by atoms with Crippen molar-refractivity contribution in [1.82, 2.24) is 10.2 Å². The van der Waals surface area contributed by atoms with E-state index in [9.17, 15) is 19.5 Å². The highest BCUT2D eigenvalue weighted by atomic mass is 16.5. The molecule has 0 radical (unpaired) electrons. The van der Waals surface area contributed by atoms with Crippen molar-refractivity contribution in [3.05, 3.63) is 59.7 Å². The van der Waals surface area contributed by atoms with Crippen molar-refractivity contribution in [3.8, 4) is 11.1 Å². The number of alkyl carbamates (subject to hydrolysis) is 1. The van der Waals surface area contributed by atoms with Gasteiger partial charge in [-0.15, -0.1) is 0 Å². The van der Waals surface area contributed by atoms with Crippen LogP contribution in [0.25, 0.3) is 11.1 Å². The standard InChI is InChI=1S/C26H30N2O6/c1-16-11-17(25(30)31)14-28(13-16)24(29)23(33-2)12-27-26(32)34-15-22-20-9-5-3-7-18(20)19-8-4-6-10-21(19)22/h3-10,16-17,22-23H,11-15H2,1-2H3,(H,27,32)(H,30,31). The van der Waals surface area contributed by atoms with Crippen molar-refractivity contribution in [2.24, 2.45) is 11.8 Å². The lowest BCUT2D eigenvalue weighted by Gasteiger charge is -2.36. The number of hydrogen-bond donors (Lipinski definition) is 2. The molecule has 180 valence electrons. The minimum absolute atomic E-state index is 0.0548. The van der Waals surface area contributed by atoms with Gasteiger partial charge in [0.2, 0.25) is 0 Å². The lowest BCUT2D eigenvalue weighted by atomic mass is 9.90. The molecular weight excluding hydrogens is 436 g/mol. The Morgan fingerprint density at radius 1 is 1.06 bits per heavy atom. The summed E-state index contributed by atoms with van der Waals surface area (Å²) in [5.74, 6) is -1.82. The van der Waals surface area contributed by atoms with Gasteiger partial charge >= 0.3 is 12.1 Å². The van der Waals surface area contributed by atoms with Crippen LogP contribution in [-0.4, -0.2) is 67.4 Å². The molecule has 0 bridgehead atoms. The number of carboxylic acid groups (broad SMARTS) is 1. The first-order chi connectivity index (χ1) is 16.4. The summed E-state index contributed by atoms with van der Waals surface area (Å²) in [6, 6.07) is 16.2. The van der Waals surface area contributed by atoms with Gasteiger partial charge in [0.25, 0.3) is 5.91 Å². The molecule has 2 amide bonds. The van der Waals surface area contributed by atoms with Gasteiger partial charge < -0.3 is 24.8 Å². The number of nitrogens with zero attached hydrogens (tertiary/aromatic N) is 1. The first-order valence-corrected chi connectivity index (χ1v) is 11.5. The summed E-state index contributed by atoms with van der Waals surface area (Å²) in [7, 11) is 1.39. The van der Waals surface area contributed by atoms with Crippen LogP contribution >= 0.6 is 0 Å². The zero-order valence-corrected chi connectivity index (χ0v) is 19.4. The number of benzene rings is 2. The van der Waals surface area contributed by atoms with Crippen LogP contribution < -0.4 is 5.32 Å². The maximum Gasteiger partial charge on any atom is 0.407 e. The summed E-state index contributed by atoms with van der Waals surface area (Å²) in [6.45, 7) is 2.65. The van der Waals surface area contributed by atoms with Crippen LogP contribution in [0.3, 0.4) is 0 Å². The van der Waals surface area contributed by atoms with Gasteiger partial charge in [0.05, 0.1) is 12.5 Å². The Morgan fingerprint density at radius 3 is 2.26 bits per heavy atom. The third kappa shape index (κ3) is 4.92. The van der Waals surface area contributed by atoms with E-state index in [0.717, 1.165) is 22.3 Å². The maximum atomic E-state index is 12.9. The van der Waals surface area contributed by atoms with Gasteiger partial charge in [0.1, 0.15) is 6.61 Å². The van der Waals surface area contributed by atoms with E-state index in [1.807, 2.05) is 43.3 Å². The number of nitrogens with one attached hydrogen (secondary N) is 1. The Hall–Kier alpha value is -3.39. The van der Waals surface area contributed by atoms with Gasteiger partial charge in [0, 0.05) is 26.1 Å². The van der Waals surface area contributed by atoms with Crippen LogP contribution in [0.1, 0.15) is 30.4 Å². The van der Waals surface area contributed by atoms with Crippen LogP contribution in [0.4, 0.5) is 4.79 Å². The van der Waals surface area contributed by atoms with Gasteiger partial charge in [-0.25, -0.2) is 4.79 Å². The SMILES string of the molecule is COC(CNC(=O)OCC1c2ccccc2-c2ccccc21)C(=O)N1CC(C)CC(C(=O)O)C1. The number of carbonyl (C=O) groups is 3. The van der Waals surface area contributed by atoms with Gasteiger partial charge in [-0.1, -0.05) is 55.5 Å². The van der Waals surface area contributed by atoms with E-state index in [-0.39, 0.29) is 37.4 Å². The third-order valence-electron chi connectivity index (χ3n) is 6.66. The summed E-state index contributed by atoms with van der Waals surface area (Å²) in [4.78, 5) is 38.3. The van der Waals surface area contributed by atoms with Crippen molar-refractivity contribution in [1.29, 1.82) is 0 Å². The number of ether oxygens (including phenoxy) is 2. The van der Waals surface area contributed by atoms with Gasteiger partial charge in [0.15, 0.2) is 6.10 Å². The largest absolute Gasteiger partial charge is 0.481 e. The molecule has 34 heavy (non-hydrogen) atoms. The van der Waals surface area contributed by atoms with Crippen LogP contribution in [0, 0.1) is 11.8 Å². The second kappa shape index (κ2) is 10.3. The number of carbonyl (C=O) groups excluding carboxylic acids is 2. The minimum atomic E-state index is -0.916. The Bertz CT molecular complexity index is 1030. The van der Waals surface area contributed by atoms with E-state index in [1.165, 1.54) is 12.0 Å². The van der Waals surface area contributed by atoms with Crippen molar-refractivity contribution in [2.75, 3.05) is 33.4 Å². The van der Waals surface area contributed by atoms with Crippen molar-refractivity contribution in [2.45, 2.75) is 25.4 Å². The summed E-state index contributed by atoms with van der Waals surface area (Å²) in [5.41, 5.74) is 4.53. The quantitative estimate of drug-likeness (QED) is 0.650. The highest BCUT2D eigenvalue weighted by Crippen LogP contribution is 2.44. The molecule has 0 spiro atoms. The molecule has 8 nitrogen and oxygen atoms in total. The monoisotopic (exact) mass is 466 g/mol. The Balaban J connectivity index is 1.33. The number of hydrogen-bond acceptors (Lipinski definition) is 5. The predicted molar refractivity (Wildman–Crippen MR) is 125 cm³/mol. The van der Waals surface area contributed by atoms with Crippen LogP contribution in [0.2, 0.25) is 0 Å². The van der Waals surface area contributed by atoms with E-state index in [4.69, 9.17) is 9.47 Å². The number of piperidine rings is 1. The molecule has 0 saturated carbocycles. The molecule has 1 heterocycles. The molecule has 4 rings (SSSR count). The first-order valence-electron chi connectivity index (χ1n) is 11.5. The number of carboxylic acids is 1. The zero-order valence-electron chi connectivity index (χ0n) is 19.4. The number of likely N-dealkylation sites (tertiary alicyclic amines) is 1. The molecule has 2 aliphatic rings. The molecule has 2 N–H and O–H groups in total. The molecule has 3 atom stereocenters. The topological polar surface area (TPSA) is 105 Å². The molecule has 1 aliphatic carbocycles. The van der Waals surface area contributed by atoms with Gasteiger partial charge in [-0.2, -0.15) is 0 Å². The maximum absolute atomic E-state index is 12.9. The van der Waals surface area contributed by atoms with Gasteiger partial charge in [-0.3, -0.25) is 9.59 Å². The molecule has 2 aromatic carbocycles. The Kier molecular flexibility index (Phi) is 7.17. The zero-order chi connectivity index (χ0) is 24.2. The highest BCUT2D eigenvalue weighted by molar-refractivity contribution is 5.83. The number of aliphatic carboxylic acids is 1. The molecule has 2 aromatic rings. The number of rotatable bonds is 7. The lowest BCUT2D eigenvalue weighted by Crippen LogP contribution is -2.52. The smallest absolute Gasteiger partial charge is 0.407 e. The molecule has 3 unspecified atom stereocenters. The summed E-state index contributed by atoms with van der Waals surface area (Å²) >= 11 is 0. The molecular formula is C26H30N2O6. The van der Waals surface area contributed by atoms with E-state index in [1.54, 1.807) is 0 Å². The highest BCUT2D eigenvalue weighted by Gasteiger charge is 2.35. The average Bonchev–Trinajstić information content (AvgIpc) is 3.16. The van der Waals surface area contributed by atoms with Crippen molar-refractivity contribution in [3.63, 3.8) is 0 Å². The second-order valence-electron chi connectivity index (χ2n) is 9.05. The molecule has 1 saturated heterocycles. The van der Waals surface area contributed by atoms with E-state index in [2.05, 4.69) is 17.4 Å². The summed E-state index contributed by atoms with van der Waals surface area (Å²) in [6.07, 6.45) is -1.01. The summed E-state index contributed by atoms with van der Waals surface area (Å²) < 4.78 is 10.8. The molecule has 1 aliphatic heterocycles. The fourth-order valence-corrected chi connectivity index (χ4v) is 5.01. The first kappa shape index (κ1) is 23.8. The third-order valence-corrected chi connectivity index (χ3v) is 6.66. The number of amides is 2. The fraction of sp³-hybridized carbons (Fsp3) is 0.423. The molecule has 1 fully saturated rings. The Morgan fingerprint density at radius 2 is 1.68 bits per heavy atom. The Labute approximate surface area is 198 Å². The van der Waals surface area contributed by atoms with Gasteiger partial charge in [-0.05, 0) is 34.6 Å². The predicted octanol–water partition coefficient (Wildman–Crippen LogP) is 3.11. The van der Waals surface area contributed by atoms with E-state index in [0.29, 0.717) is 13.0 Å². The second-order valence-corrected chi connectivity index (χ2v) is 9.05. The number of methoxy groups -OCH3 is 1. The average molecular weight is 467 g/mol. The van der Waals surface area contributed by atoms with Crippen LogP contribution in [0.5, 0.6) is 0 Å². The fourth-order valence-electron chi connectivity index (χ4n) is 5.01. The van der Waals surface area contributed by atoms with Crippen LogP contribution in [-0.2, 0) is 19.1 Å². The van der Waals surface area contributed by atoms with Crippen LogP contribution in [0.15, 0.2) is 48.5 Å². The number of fused-ring (bicyclic) bond motifs is 3. The molecule has 0 aromatic heterocycles. The van der Waals surface area contributed by atoms with E-state index < -0.39 is 24.1 Å². The minimum Gasteiger partial charge on any atom is -0.481 e. The summed E-state index contributed by atoms with van der Waals surface area (Å²) in [5, 5.41) is 12.0. The molecule has 8 heteroatoms. The van der Waals surface area contributed by atoms with Crippen molar-refractivity contribution >= 4 is 18.0 Å².